The van der Waals surface area contributed by atoms with Crippen LogP contribution in [0.2, 0.25) is 0 Å². The second-order valence-corrected chi connectivity index (χ2v) is 7.09. The van der Waals surface area contributed by atoms with E-state index in [1.165, 1.54) is 0 Å². The van der Waals surface area contributed by atoms with Gasteiger partial charge in [0.15, 0.2) is 0 Å². The molecule has 2 rings (SSSR count). The Balaban J connectivity index is 2.21. The van der Waals surface area contributed by atoms with Crippen LogP contribution in [0.5, 0.6) is 5.75 Å². The first-order chi connectivity index (χ1) is 11.3. The van der Waals surface area contributed by atoms with Crippen molar-refractivity contribution >= 4 is 5.91 Å². The van der Waals surface area contributed by atoms with Gasteiger partial charge in [-0.3, -0.25) is 4.79 Å². The summed E-state index contributed by atoms with van der Waals surface area (Å²) in [7, 11) is 0. The Kier molecular flexibility index (Phi) is 6.05. The van der Waals surface area contributed by atoms with Gasteiger partial charge >= 0.3 is 0 Å². The molecule has 1 amide bonds. The molecule has 0 aromatic heterocycles. The predicted octanol–water partition coefficient (Wildman–Crippen LogP) is 4.06. The predicted molar refractivity (Wildman–Crippen MR) is 96.5 cm³/mol. The van der Waals surface area contributed by atoms with E-state index < -0.39 is 0 Å². The third-order valence-electron chi connectivity index (χ3n) is 4.30. The third-order valence-corrected chi connectivity index (χ3v) is 4.30. The molecule has 4 heteroatoms. The molecular formula is C20H29NO3. The maximum atomic E-state index is 13.1. The van der Waals surface area contributed by atoms with E-state index in [0.29, 0.717) is 31.1 Å². The van der Waals surface area contributed by atoms with Crippen molar-refractivity contribution in [1.29, 1.82) is 0 Å². The summed E-state index contributed by atoms with van der Waals surface area (Å²) >= 11 is 0. The van der Waals surface area contributed by atoms with Crippen LogP contribution >= 0.6 is 0 Å². The number of amides is 1. The van der Waals surface area contributed by atoms with Crippen molar-refractivity contribution in [2.45, 2.75) is 52.2 Å². The monoisotopic (exact) mass is 331 g/mol. The van der Waals surface area contributed by atoms with Crippen LogP contribution in [-0.4, -0.2) is 42.2 Å². The molecule has 0 spiro atoms. The first kappa shape index (κ1) is 18.5. The summed E-state index contributed by atoms with van der Waals surface area (Å²) in [6.07, 6.45) is 1.72. The van der Waals surface area contributed by atoms with Gasteiger partial charge in [-0.1, -0.05) is 18.7 Å². The van der Waals surface area contributed by atoms with Crippen LogP contribution in [0.3, 0.4) is 0 Å². The molecule has 1 aromatic carbocycles. The van der Waals surface area contributed by atoms with Gasteiger partial charge in [-0.15, -0.1) is 0 Å². The highest BCUT2D eigenvalue weighted by molar-refractivity contribution is 5.97. The minimum Gasteiger partial charge on any atom is -0.488 e. The maximum absolute atomic E-state index is 13.1. The second-order valence-electron chi connectivity index (χ2n) is 7.09. The molecule has 1 saturated heterocycles. The molecular weight excluding hydrogens is 302 g/mol. The average Bonchev–Trinajstić information content (AvgIpc) is 2.53. The van der Waals surface area contributed by atoms with Crippen LogP contribution in [-0.2, 0) is 4.74 Å². The summed E-state index contributed by atoms with van der Waals surface area (Å²) in [4.78, 5) is 15.1. The van der Waals surface area contributed by atoms with Gasteiger partial charge in [0.25, 0.3) is 5.91 Å². The Morgan fingerprint density at radius 2 is 2.12 bits per heavy atom. The fourth-order valence-electron chi connectivity index (χ4n) is 3.16. The number of para-hydroxylation sites is 1. The van der Waals surface area contributed by atoms with E-state index in [2.05, 4.69) is 20.4 Å². The lowest BCUT2D eigenvalue weighted by Gasteiger charge is -2.41. The van der Waals surface area contributed by atoms with Crippen molar-refractivity contribution < 1.29 is 14.3 Å². The van der Waals surface area contributed by atoms with Crippen LogP contribution in [0.1, 0.15) is 50.9 Å². The Bertz CT molecular complexity index is 594. The highest BCUT2D eigenvalue weighted by Gasteiger charge is 2.34. The number of carbonyl (C=O) groups excluding carboxylic acids is 1. The van der Waals surface area contributed by atoms with Crippen molar-refractivity contribution in [3.05, 3.63) is 42.0 Å². The van der Waals surface area contributed by atoms with Gasteiger partial charge in [0.05, 0.1) is 11.2 Å². The van der Waals surface area contributed by atoms with E-state index in [0.717, 1.165) is 18.4 Å². The minimum absolute atomic E-state index is 0.0255. The summed E-state index contributed by atoms with van der Waals surface area (Å²) < 4.78 is 11.6. The fourth-order valence-corrected chi connectivity index (χ4v) is 3.16. The molecule has 0 bridgehead atoms. The number of benzene rings is 1. The number of carbonyl (C=O) groups is 1. The largest absolute Gasteiger partial charge is 0.488 e. The first-order valence-corrected chi connectivity index (χ1v) is 8.65. The lowest BCUT2D eigenvalue weighted by molar-refractivity contribution is -0.0777. The third kappa shape index (κ3) is 4.60. The molecule has 0 radical (unpaired) electrons. The molecule has 1 aromatic rings. The molecule has 1 aliphatic rings. The topological polar surface area (TPSA) is 38.8 Å². The summed E-state index contributed by atoms with van der Waals surface area (Å²) in [5, 5.41) is 0. The zero-order valence-electron chi connectivity index (χ0n) is 15.3. The minimum atomic E-state index is -0.188. The van der Waals surface area contributed by atoms with Crippen LogP contribution in [0.25, 0.3) is 0 Å². The SMILES string of the molecule is C=C(C)COc1ccccc1C(=O)N(CC)C1CCOC(C)(C)C1. The van der Waals surface area contributed by atoms with Gasteiger partial charge in [-0.2, -0.15) is 0 Å². The Hall–Kier alpha value is -1.81. The van der Waals surface area contributed by atoms with Crippen LogP contribution in [0.4, 0.5) is 0 Å². The number of hydrogen-bond acceptors (Lipinski definition) is 3. The van der Waals surface area contributed by atoms with Crippen LogP contribution < -0.4 is 4.74 Å². The van der Waals surface area contributed by atoms with Crippen molar-refractivity contribution in [3.63, 3.8) is 0 Å². The van der Waals surface area contributed by atoms with Crippen LogP contribution in [0, 0.1) is 0 Å². The van der Waals surface area contributed by atoms with E-state index in [9.17, 15) is 4.79 Å². The Morgan fingerprint density at radius 1 is 1.42 bits per heavy atom. The van der Waals surface area contributed by atoms with Crippen molar-refractivity contribution in [2.24, 2.45) is 0 Å². The summed E-state index contributed by atoms with van der Waals surface area (Å²) in [6.45, 7) is 13.7. The summed E-state index contributed by atoms with van der Waals surface area (Å²) in [5.41, 5.74) is 1.35. The molecule has 1 unspecified atom stereocenters. The van der Waals surface area contributed by atoms with Gasteiger partial charge in [-0.05, 0) is 58.2 Å². The first-order valence-electron chi connectivity index (χ1n) is 8.65. The lowest BCUT2D eigenvalue weighted by Crippen LogP contribution is -2.48. The van der Waals surface area contributed by atoms with Crippen molar-refractivity contribution in [2.75, 3.05) is 19.8 Å². The fraction of sp³-hybridized carbons (Fsp3) is 0.550. The molecule has 0 N–H and O–H groups in total. The molecule has 4 nitrogen and oxygen atoms in total. The van der Waals surface area contributed by atoms with E-state index in [1.54, 1.807) is 0 Å². The molecule has 24 heavy (non-hydrogen) atoms. The van der Waals surface area contributed by atoms with Gasteiger partial charge < -0.3 is 14.4 Å². The average molecular weight is 331 g/mol. The van der Waals surface area contributed by atoms with Gasteiger partial charge in [0.2, 0.25) is 0 Å². The van der Waals surface area contributed by atoms with E-state index in [4.69, 9.17) is 9.47 Å². The van der Waals surface area contributed by atoms with Gasteiger partial charge in [0.1, 0.15) is 12.4 Å². The molecule has 0 saturated carbocycles. The molecule has 132 valence electrons. The van der Waals surface area contributed by atoms with Crippen molar-refractivity contribution in [1.82, 2.24) is 4.90 Å². The zero-order valence-corrected chi connectivity index (χ0v) is 15.3. The molecule has 1 atom stereocenters. The number of hydrogen-bond donors (Lipinski definition) is 0. The standard InChI is InChI=1S/C20H29NO3/c1-6-21(16-11-12-24-20(4,5)13-16)19(22)17-9-7-8-10-18(17)23-14-15(2)3/h7-10,16H,2,6,11-14H2,1,3-5H3. The summed E-state index contributed by atoms with van der Waals surface area (Å²) in [6, 6.07) is 7.64. The van der Waals surface area contributed by atoms with Crippen LogP contribution in [0.15, 0.2) is 36.4 Å². The molecule has 1 aliphatic heterocycles. The normalized spacial score (nSPS) is 19.6. The van der Waals surface area contributed by atoms with E-state index in [-0.39, 0.29) is 17.6 Å². The Morgan fingerprint density at radius 3 is 2.75 bits per heavy atom. The van der Waals surface area contributed by atoms with Gasteiger partial charge in [-0.25, -0.2) is 0 Å². The highest BCUT2D eigenvalue weighted by Crippen LogP contribution is 2.29. The number of nitrogens with zero attached hydrogens (tertiary/aromatic N) is 1. The highest BCUT2D eigenvalue weighted by atomic mass is 16.5. The lowest BCUT2D eigenvalue weighted by atomic mass is 9.92. The molecule has 0 aliphatic carbocycles. The maximum Gasteiger partial charge on any atom is 0.257 e. The summed E-state index contributed by atoms with van der Waals surface area (Å²) in [5.74, 6) is 0.646. The van der Waals surface area contributed by atoms with E-state index >= 15 is 0 Å². The molecule has 1 fully saturated rings. The van der Waals surface area contributed by atoms with Gasteiger partial charge in [0, 0.05) is 19.2 Å². The quantitative estimate of drug-likeness (QED) is 0.738. The van der Waals surface area contributed by atoms with Crippen molar-refractivity contribution in [3.8, 4) is 5.75 Å². The second kappa shape index (κ2) is 7.84. The van der Waals surface area contributed by atoms with E-state index in [1.807, 2.05) is 43.0 Å². The smallest absolute Gasteiger partial charge is 0.257 e. The number of ether oxygens (including phenoxy) is 2. The Labute approximate surface area is 145 Å². The number of rotatable bonds is 6. The molecule has 1 heterocycles. The zero-order chi connectivity index (χ0) is 17.7.